The molecule has 0 amide bonds. The van der Waals surface area contributed by atoms with Crippen molar-refractivity contribution in [2.75, 3.05) is 19.6 Å². The zero-order chi connectivity index (χ0) is 11.1. The van der Waals surface area contributed by atoms with Crippen molar-refractivity contribution in [2.24, 2.45) is 5.41 Å². The van der Waals surface area contributed by atoms with Gasteiger partial charge in [0, 0.05) is 0 Å². The van der Waals surface area contributed by atoms with Crippen molar-refractivity contribution < 1.29 is 0 Å². The average Bonchev–Trinajstić information content (AvgIpc) is 2.46. The Hall–Kier alpha value is -0.550. The number of nitrogens with zero attached hydrogens (tertiary/aromatic N) is 2. The highest BCUT2D eigenvalue weighted by Gasteiger charge is 2.17. The fourth-order valence-corrected chi connectivity index (χ4v) is 2.16. The van der Waals surface area contributed by atoms with Gasteiger partial charge in [0.05, 0.1) is 11.5 Å². The van der Waals surface area contributed by atoms with Gasteiger partial charge in [0.15, 0.2) is 0 Å². The Balaban J connectivity index is 2.16. The van der Waals surface area contributed by atoms with Crippen LogP contribution in [0.15, 0.2) is 0 Å². The van der Waals surface area contributed by atoms with E-state index in [1.54, 1.807) is 0 Å². The Bertz CT molecular complexity index is 207. The minimum absolute atomic E-state index is 0.133. The van der Waals surface area contributed by atoms with Crippen LogP contribution in [0.25, 0.3) is 0 Å². The second-order valence-corrected chi connectivity index (χ2v) is 5.36. The summed E-state index contributed by atoms with van der Waals surface area (Å²) in [5.41, 5.74) is -0.133. The molecule has 0 spiro atoms. The van der Waals surface area contributed by atoms with Crippen LogP contribution in [0.2, 0.25) is 0 Å². The summed E-state index contributed by atoms with van der Waals surface area (Å²) in [6.07, 6.45) is 7.73. The van der Waals surface area contributed by atoms with E-state index in [1.165, 1.54) is 51.7 Å². The van der Waals surface area contributed by atoms with Gasteiger partial charge in [-0.05, 0) is 59.2 Å². The van der Waals surface area contributed by atoms with E-state index in [1.807, 2.05) is 13.8 Å². The molecule has 2 heteroatoms. The van der Waals surface area contributed by atoms with E-state index in [-0.39, 0.29) is 5.41 Å². The Labute approximate surface area is 94.3 Å². The molecule has 15 heavy (non-hydrogen) atoms. The normalized spacial score (nSPS) is 19.5. The molecule has 0 aromatic heterocycles. The number of hydrogen-bond donors (Lipinski definition) is 0. The fourth-order valence-electron chi connectivity index (χ4n) is 2.16. The van der Waals surface area contributed by atoms with Gasteiger partial charge in [-0.3, -0.25) is 0 Å². The molecule has 0 aromatic carbocycles. The molecule has 1 fully saturated rings. The van der Waals surface area contributed by atoms with Crippen LogP contribution in [0.1, 0.15) is 52.4 Å². The van der Waals surface area contributed by atoms with Crippen molar-refractivity contribution in [3.05, 3.63) is 0 Å². The largest absolute Gasteiger partial charge is 0.303 e. The molecule has 1 rings (SSSR count). The molecule has 1 heterocycles. The molecule has 1 saturated heterocycles. The van der Waals surface area contributed by atoms with Crippen LogP contribution in [-0.2, 0) is 0 Å². The van der Waals surface area contributed by atoms with Gasteiger partial charge in [0.2, 0.25) is 0 Å². The minimum atomic E-state index is -0.133. The molecule has 1 aliphatic rings. The molecule has 0 bridgehead atoms. The number of rotatable bonds is 4. The van der Waals surface area contributed by atoms with Crippen molar-refractivity contribution in [3.8, 4) is 6.07 Å². The van der Waals surface area contributed by atoms with Crippen LogP contribution in [0, 0.1) is 16.7 Å². The smallest absolute Gasteiger partial charge is 0.0683 e. The van der Waals surface area contributed by atoms with E-state index in [4.69, 9.17) is 5.26 Å². The molecule has 0 atom stereocenters. The van der Waals surface area contributed by atoms with Gasteiger partial charge in [-0.2, -0.15) is 5.26 Å². The van der Waals surface area contributed by atoms with E-state index in [0.29, 0.717) is 0 Å². The van der Waals surface area contributed by atoms with Crippen molar-refractivity contribution >= 4 is 0 Å². The first-order chi connectivity index (χ1) is 7.14. The second-order valence-electron chi connectivity index (χ2n) is 5.36. The Morgan fingerprint density at radius 1 is 1.13 bits per heavy atom. The predicted molar refractivity (Wildman–Crippen MR) is 63.5 cm³/mol. The molecule has 0 unspecified atom stereocenters. The summed E-state index contributed by atoms with van der Waals surface area (Å²) >= 11 is 0. The maximum absolute atomic E-state index is 8.91. The summed E-state index contributed by atoms with van der Waals surface area (Å²) in [6.45, 7) is 7.80. The summed E-state index contributed by atoms with van der Waals surface area (Å²) in [5.74, 6) is 0. The van der Waals surface area contributed by atoms with Gasteiger partial charge < -0.3 is 4.90 Å². The predicted octanol–water partition coefficient (Wildman–Crippen LogP) is 3.19. The molecule has 0 radical (unpaired) electrons. The lowest BCUT2D eigenvalue weighted by molar-refractivity contribution is 0.265. The van der Waals surface area contributed by atoms with Crippen LogP contribution in [0.4, 0.5) is 0 Å². The van der Waals surface area contributed by atoms with E-state index in [0.717, 1.165) is 6.42 Å². The van der Waals surface area contributed by atoms with Crippen molar-refractivity contribution in [1.29, 1.82) is 5.26 Å². The summed E-state index contributed by atoms with van der Waals surface area (Å²) in [4.78, 5) is 2.57. The van der Waals surface area contributed by atoms with E-state index < -0.39 is 0 Å². The maximum Gasteiger partial charge on any atom is 0.0683 e. The van der Waals surface area contributed by atoms with Crippen LogP contribution in [-0.4, -0.2) is 24.5 Å². The minimum Gasteiger partial charge on any atom is -0.303 e. The lowest BCUT2D eigenvalue weighted by Crippen LogP contribution is -2.26. The van der Waals surface area contributed by atoms with Gasteiger partial charge in [-0.15, -0.1) is 0 Å². The first kappa shape index (κ1) is 12.5. The van der Waals surface area contributed by atoms with E-state index >= 15 is 0 Å². The molecular weight excluding hydrogens is 184 g/mol. The lowest BCUT2D eigenvalue weighted by Gasteiger charge is -2.21. The van der Waals surface area contributed by atoms with E-state index in [2.05, 4.69) is 11.0 Å². The number of nitriles is 1. The zero-order valence-corrected chi connectivity index (χ0v) is 10.3. The van der Waals surface area contributed by atoms with Gasteiger partial charge >= 0.3 is 0 Å². The summed E-state index contributed by atoms with van der Waals surface area (Å²) in [5, 5.41) is 8.91. The Morgan fingerprint density at radius 2 is 1.73 bits per heavy atom. The number of likely N-dealkylation sites (tertiary alicyclic amines) is 1. The topological polar surface area (TPSA) is 27.0 Å². The fraction of sp³-hybridized carbons (Fsp3) is 0.923. The quantitative estimate of drug-likeness (QED) is 0.709. The highest BCUT2D eigenvalue weighted by Crippen LogP contribution is 2.21. The summed E-state index contributed by atoms with van der Waals surface area (Å²) in [7, 11) is 0. The van der Waals surface area contributed by atoms with Gasteiger partial charge in [-0.1, -0.05) is 12.8 Å². The number of hydrogen-bond acceptors (Lipinski definition) is 2. The molecule has 0 aliphatic carbocycles. The highest BCUT2D eigenvalue weighted by atomic mass is 15.1. The molecule has 1 aliphatic heterocycles. The average molecular weight is 208 g/mol. The molecule has 0 aromatic rings. The van der Waals surface area contributed by atoms with E-state index in [9.17, 15) is 0 Å². The molecule has 0 saturated carbocycles. The van der Waals surface area contributed by atoms with Crippen LogP contribution in [0.3, 0.4) is 0 Å². The third-order valence-corrected chi connectivity index (χ3v) is 3.28. The first-order valence-corrected chi connectivity index (χ1v) is 6.28. The summed E-state index contributed by atoms with van der Waals surface area (Å²) in [6, 6.07) is 2.37. The molecular formula is C13H24N2. The van der Waals surface area contributed by atoms with Crippen LogP contribution < -0.4 is 0 Å². The monoisotopic (exact) mass is 208 g/mol. The SMILES string of the molecule is CC(C)(C#N)CCCN1CCCCCC1. The van der Waals surface area contributed by atoms with Crippen LogP contribution >= 0.6 is 0 Å². The van der Waals surface area contributed by atoms with Crippen LogP contribution in [0.5, 0.6) is 0 Å². The van der Waals surface area contributed by atoms with Gasteiger partial charge in [0.25, 0.3) is 0 Å². The third kappa shape index (κ3) is 5.18. The molecule has 2 nitrogen and oxygen atoms in total. The zero-order valence-electron chi connectivity index (χ0n) is 10.3. The molecule has 0 N–H and O–H groups in total. The van der Waals surface area contributed by atoms with Crippen molar-refractivity contribution in [3.63, 3.8) is 0 Å². The Kier molecular flexibility index (Phi) is 5.11. The maximum atomic E-state index is 8.91. The van der Waals surface area contributed by atoms with Gasteiger partial charge in [-0.25, -0.2) is 0 Å². The standard InChI is InChI=1S/C13H24N2/c1-13(2,12-14)8-7-11-15-9-5-3-4-6-10-15/h3-11H2,1-2H3. The lowest BCUT2D eigenvalue weighted by atomic mass is 9.90. The van der Waals surface area contributed by atoms with Crippen molar-refractivity contribution in [2.45, 2.75) is 52.4 Å². The summed E-state index contributed by atoms with van der Waals surface area (Å²) < 4.78 is 0. The third-order valence-electron chi connectivity index (χ3n) is 3.28. The molecule has 86 valence electrons. The van der Waals surface area contributed by atoms with Crippen molar-refractivity contribution in [1.82, 2.24) is 4.90 Å². The Morgan fingerprint density at radius 3 is 2.27 bits per heavy atom. The van der Waals surface area contributed by atoms with Gasteiger partial charge in [0.1, 0.15) is 0 Å². The highest BCUT2D eigenvalue weighted by molar-refractivity contribution is 4.91. The first-order valence-electron chi connectivity index (χ1n) is 6.28. The second kappa shape index (κ2) is 6.12.